The van der Waals surface area contributed by atoms with Gasteiger partial charge < -0.3 is 10.6 Å². The highest BCUT2D eigenvalue weighted by molar-refractivity contribution is 5.42. The topological polar surface area (TPSA) is 24.1 Å². The molecule has 108 valence electrons. The monoisotopic (exact) mass is 262 g/mol. The van der Waals surface area contributed by atoms with E-state index in [-0.39, 0.29) is 5.41 Å². The average molecular weight is 262 g/mol. The predicted octanol–water partition coefficient (Wildman–Crippen LogP) is 3.09. The quantitative estimate of drug-likeness (QED) is 0.738. The van der Waals surface area contributed by atoms with E-state index < -0.39 is 0 Å². The van der Waals surface area contributed by atoms with Crippen LogP contribution in [0.2, 0.25) is 0 Å². The maximum absolute atomic E-state index is 3.59. The molecule has 1 aromatic rings. The summed E-state index contributed by atoms with van der Waals surface area (Å²) >= 11 is 0. The first-order chi connectivity index (χ1) is 8.88. The van der Waals surface area contributed by atoms with Crippen molar-refractivity contribution in [1.29, 1.82) is 0 Å². The molecule has 1 rings (SSSR count). The normalized spacial score (nSPS) is 11.9. The van der Waals surface area contributed by atoms with Crippen LogP contribution < -0.4 is 10.6 Å². The van der Waals surface area contributed by atoms with Crippen molar-refractivity contribution in [2.45, 2.75) is 46.5 Å². The summed E-state index contributed by atoms with van der Waals surface area (Å²) in [6.45, 7) is 14.5. The van der Waals surface area contributed by atoms with E-state index in [0.29, 0.717) is 0 Å². The molecule has 2 N–H and O–H groups in total. The lowest BCUT2D eigenvalue weighted by molar-refractivity contribution is 0.460. The highest BCUT2D eigenvalue weighted by Gasteiger charge is 2.24. The third-order valence-corrected chi connectivity index (χ3v) is 3.70. The van der Waals surface area contributed by atoms with Gasteiger partial charge in [0, 0.05) is 12.0 Å². The lowest BCUT2D eigenvalue weighted by atomic mass is 9.79. The van der Waals surface area contributed by atoms with Crippen LogP contribution in [0.25, 0.3) is 0 Å². The van der Waals surface area contributed by atoms with E-state index >= 15 is 0 Å². The van der Waals surface area contributed by atoms with Crippen LogP contribution in [0.5, 0.6) is 0 Å². The van der Waals surface area contributed by atoms with Gasteiger partial charge in [0.1, 0.15) is 0 Å². The molecule has 0 aromatic heterocycles. The molecule has 0 saturated carbocycles. The third kappa shape index (κ3) is 4.63. The van der Waals surface area contributed by atoms with Crippen molar-refractivity contribution in [1.82, 2.24) is 10.6 Å². The number of hydrogen-bond acceptors (Lipinski definition) is 2. The Balaban J connectivity index is 2.71. The standard InChI is InChI=1S/C17H30N2/c1-13-10-14(2)16(15(3)11-13)17(4,5)12-19-9-7-8-18-6/h10-11,18-19H,7-9,12H2,1-6H3. The van der Waals surface area contributed by atoms with Gasteiger partial charge in [0.05, 0.1) is 0 Å². The van der Waals surface area contributed by atoms with Crippen LogP contribution in [-0.2, 0) is 5.41 Å². The molecule has 0 aliphatic heterocycles. The maximum Gasteiger partial charge on any atom is 0.00433 e. The number of aryl methyl sites for hydroxylation is 3. The lowest BCUT2D eigenvalue weighted by Crippen LogP contribution is -2.35. The second-order valence-electron chi connectivity index (χ2n) is 6.29. The SMILES string of the molecule is CNCCCNCC(C)(C)c1c(C)cc(C)cc1C. The molecule has 1 aromatic carbocycles. The van der Waals surface area contributed by atoms with Crippen LogP contribution in [0.4, 0.5) is 0 Å². The van der Waals surface area contributed by atoms with Gasteiger partial charge in [-0.15, -0.1) is 0 Å². The first-order valence-corrected chi connectivity index (χ1v) is 7.32. The Hall–Kier alpha value is -0.860. The molecule has 0 saturated heterocycles. The van der Waals surface area contributed by atoms with Crippen molar-refractivity contribution >= 4 is 0 Å². The molecule has 0 bridgehead atoms. The molecule has 2 nitrogen and oxygen atoms in total. The van der Waals surface area contributed by atoms with Gasteiger partial charge in [0.2, 0.25) is 0 Å². The fraction of sp³-hybridized carbons (Fsp3) is 0.647. The van der Waals surface area contributed by atoms with Crippen molar-refractivity contribution in [3.05, 3.63) is 34.4 Å². The summed E-state index contributed by atoms with van der Waals surface area (Å²) in [4.78, 5) is 0. The molecule has 0 amide bonds. The van der Waals surface area contributed by atoms with Crippen molar-refractivity contribution < 1.29 is 0 Å². The van der Waals surface area contributed by atoms with Crippen LogP contribution in [0, 0.1) is 20.8 Å². The predicted molar refractivity (Wildman–Crippen MR) is 85.1 cm³/mol. The van der Waals surface area contributed by atoms with E-state index in [4.69, 9.17) is 0 Å². The van der Waals surface area contributed by atoms with Gasteiger partial charge in [-0.3, -0.25) is 0 Å². The van der Waals surface area contributed by atoms with Crippen LogP contribution in [-0.4, -0.2) is 26.7 Å². The summed E-state index contributed by atoms with van der Waals surface area (Å²) in [7, 11) is 2.00. The molecule has 2 heteroatoms. The zero-order valence-electron chi connectivity index (χ0n) is 13.5. The number of hydrogen-bond donors (Lipinski definition) is 2. The van der Waals surface area contributed by atoms with E-state index in [2.05, 4.69) is 57.4 Å². The molecule has 0 fully saturated rings. The number of rotatable bonds is 7. The molecule has 0 unspecified atom stereocenters. The van der Waals surface area contributed by atoms with Crippen LogP contribution in [0.15, 0.2) is 12.1 Å². The minimum atomic E-state index is 0.182. The third-order valence-electron chi connectivity index (χ3n) is 3.70. The molecular weight excluding hydrogens is 232 g/mol. The van der Waals surface area contributed by atoms with E-state index in [1.54, 1.807) is 0 Å². The van der Waals surface area contributed by atoms with Crippen molar-refractivity contribution in [3.63, 3.8) is 0 Å². The summed E-state index contributed by atoms with van der Waals surface area (Å²) in [6.07, 6.45) is 1.18. The van der Waals surface area contributed by atoms with Crippen molar-refractivity contribution in [3.8, 4) is 0 Å². The highest BCUT2D eigenvalue weighted by Crippen LogP contribution is 2.29. The summed E-state index contributed by atoms with van der Waals surface area (Å²) in [5.74, 6) is 0. The van der Waals surface area contributed by atoms with Crippen LogP contribution in [0.1, 0.15) is 42.5 Å². The van der Waals surface area contributed by atoms with Gasteiger partial charge in [0.25, 0.3) is 0 Å². The zero-order chi connectivity index (χ0) is 14.5. The molecule has 0 radical (unpaired) electrons. The highest BCUT2D eigenvalue weighted by atomic mass is 14.9. The van der Waals surface area contributed by atoms with Gasteiger partial charge in [-0.05, 0) is 64.0 Å². The van der Waals surface area contributed by atoms with Crippen LogP contribution >= 0.6 is 0 Å². The van der Waals surface area contributed by atoms with Crippen molar-refractivity contribution in [2.75, 3.05) is 26.7 Å². The van der Waals surface area contributed by atoms with Gasteiger partial charge in [0.15, 0.2) is 0 Å². The molecule has 0 aliphatic rings. The fourth-order valence-corrected chi connectivity index (χ4v) is 3.13. The largest absolute Gasteiger partial charge is 0.320 e. The first-order valence-electron chi connectivity index (χ1n) is 7.32. The second-order valence-corrected chi connectivity index (χ2v) is 6.29. The van der Waals surface area contributed by atoms with Crippen LogP contribution in [0.3, 0.4) is 0 Å². The van der Waals surface area contributed by atoms with E-state index in [0.717, 1.165) is 19.6 Å². The molecule has 0 spiro atoms. The Labute approximate surface area is 119 Å². The van der Waals surface area contributed by atoms with Gasteiger partial charge in [-0.25, -0.2) is 0 Å². The Morgan fingerprint density at radius 1 is 1.00 bits per heavy atom. The molecule has 0 heterocycles. The number of benzene rings is 1. The lowest BCUT2D eigenvalue weighted by Gasteiger charge is -2.30. The Morgan fingerprint density at radius 2 is 1.58 bits per heavy atom. The summed E-state index contributed by atoms with van der Waals surface area (Å²) in [6, 6.07) is 4.59. The Morgan fingerprint density at radius 3 is 2.11 bits per heavy atom. The van der Waals surface area contributed by atoms with Gasteiger partial charge in [-0.2, -0.15) is 0 Å². The molecular formula is C17H30N2. The average Bonchev–Trinajstić information content (AvgIpc) is 2.26. The Kier molecular flexibility index (Phi) is 6.02. The molecule has 19 heavy (non-hydrogen) atoms. The number of nitrogens with one attached hydrogen (secondary N) is 2. The minimum absolute atomic E-state index is 0.182. The Bertz CT molecular complexity index is 385. The van der Waals surface area contributed by atoms with Gasteiger partial charge in [-0.1, -0.05) is 31.5 Å². The first kappa shape index (κ1) is 16.2. The van der Waals surface area contributed by atoms with E-state index in [1.807, 2.05) is 7.05 Å². The summed E-state index contributed by atoms with van der Waals surface area (Å²) < 4.78 is 0. The molecule has 0 aliphatic carbocycles. The second kappa shape index (κ2) is 7.06. The van der Waals surface area contributed by atoms with Crippen molar-refractivity contribution in [2.24, 2.45) is 0 Å². The smallest absolute Gasteiger partial charge is 0.00433 e. The van der Waals surface area contributed by atoms with E-state index in [1.165, 1.54) is 28.7 Å². The fourth-order valence-electron chi connectivity index (χ4n) is 3.13. The summed E-state index contributed by atoms with van der Waals surface area (Å²) in [5, 5.41) is 6.77. The van der Waals surface area contributed by atoms with E-state index in [9.17, 15) is 0 Å². The zero-order valence-corrected chi connectivity index (χ0v) is 13.5. The van der Waals surface area contributed by atoms with Gasteiger partial charge >= 0.3 is 0 Å². The maximum atomic E-state index is 3.59. The minimum Gasteiger partial charge on any atom is -0.320 e. The summed E-state index contributed by atoms with van der Waals surface area (Å²) in [5.41, 5.74) is 5.87. The molecule has 0 atom stereocenters.